The molecule has 0 bridgehead atoms. The number of nitrogens with one attached hydrogen (secondary N) is 1. The second kappa shape index (κ2) is 9.86. The van der Waals surface area contributed by atoms with Crippen molar-refractivity contribution in [3.63, 3.8) is 0 Å². The first-order chi connectivity index (χ1) is 13.3. The summed E-state index contributed by atoms with van der Waals surface area (Å²) in [5.41, 5.74) is -0.467. The zero-order valence-electron chi connectivity index (χ0n) is 18.1. The van der Waals surface area contributed by atoms with Crippen LogP contribution in [-0.2, 0) is 10.2 Å². The van der Waals surface area contributed by atoms with Gasteiger partial charge < -0.3 is 15.3 Å². The molecule has 0 aliphatic heterocycles. The van der Waals surface area contributed by atoms with E-state index < -0.39 is 23.0 Å². The molecule has 0 spiro atoms. The lowest BCUT2D eigenvalue weighted by Gasteiger charge is -2.48. The maximum Gasteiger partial charge on any atom is 0.404 e. The first kappa shape index (κ1) is 25.3. The highest BCUT2D eigenvalue weighted by Gasteiger charge is 2.47. The summed E-state index contributed by atoms with van der Waals surface area (Å²) in [5.74, 6) is -0.211. The maximum atomic E-state index is 12.7. The van der Waals surface area contributed by atoms with Gasteiger partial charge in [0.15, 0.2) is 0 Å². The van der Waals surface area contributed by atoms with Crippen molar-refractivity contribution in [2.45, 2.75) is 52.5 Å². The van der Waals surface area contributed by atoms with E-state index in [0.717, 1.165) is 5.56 Å². The van der Waals surface area contributed by atoms with E-state index in [0.29, 0.717) is 16.5 Å². The Kier molecular flexibility index (Phi) is 8.60. The number of carboxylic acid groups (broad SMARTS) is 1. The Bertz CT molecular complexity index is 759. The number of hydrogen-bond donors (Lipinski definition) is 2. The van der Waals surface area contributed by atoms with E-state index in [2.05, 4.69) is 11.9 Å². The van der Waals surface area contributed by atoms with Crippen molar-refractivity contribution in [1.82, 2.24) is 10.2 Å². The number of hydrogen-bond acceptors (Lipinski definition) is 2. The molecular weight excluding hydrogens is 411 g/mol. The zero-order chi connectivity index (χ0) is 22.6. The molecule has 2 amide bonds. The third kappa shape index (κ3) is 6.13. The molecule has 1 aromatic rings. The molecule has 1 aromatic carbocycles. The Morgan fingerprint density at radius 3 is 2.24 bits per heavy atom. The van der Waals surface area contributed by atoms with Crippen LogP contribution in [-0.4, -0.2) is 41.6 Å². The van der Waals surface area contributed by atoms with Gasteiger partial charge in [0.05, 0.1) is 10.0 Å². The van der Waals surface area contributed by atoms with Crippen molar-refractivity contribution in [3.8, 4) is 0 Å². The lowest BCUT2D eigenvalue weighted by molar-refractivity contribution is -0.134. The zero-order valence-corrected chi connectivity index (χ0v) is 19.6. The summed E-state index contributed by atoms with van der Waals surface area (Å²) in [6, 6.07) is 4.75. The van der Waals surface area contributed by atoms with Gasteiger partial charge in [-0.15, -0.1) is 6.58 Å². The minimum atomic E-state index is -1.13. The van der Waals surface area contributed by atoms with E-state index in [9.17, 15) is 14.7 Å². The Morgan fingerprint density at radius 2 is 1.83 bits per heavy atom. The molecule has 162 valence electrons. The molecule has 0 aliphatic carbocycles. The van der Waals surface area contributed by atoms with Crippen molar-refractivity contribution in [3.05, 3.63) is 46.5 Å². The SMILES string of the molecule is C=CCC(CN(C)C(=O)C(C)C)(c1ccc(Cl)c(Cl)c1)C(NC(=O)O)C(C)(C)C. The van der Waals surface area contributed by atoms with Crippen LogP contribution in [0, 0.1) is 11.3 Å². The van der Waals surface area contributed by atoms with Gasteiger partial charge in [0.25, 0.3) is 0 Å². The van der Waals surface area contributed by atoms with Crippen LogP contribution in [0.3, 0.4) is 0 Å². The number of likely N-dealkylation sites (N-methyl/N-ethyl adjacent to an activating group) is 1. The normalized spacial score (nSPS) is 14.8. The first-order valence-electron chi connectivity index (χ1n) is 9.57. The Hall–Kier alpha value is -1.72. The summed E-state index contributed by atoms with van der Waals surface area (Å²) in [6.07, 6.45) is 1.05. The molecule has 2 N–H and O–H groups in total. The molecule has 5 nitrogen and oxygen atoms in total. The molecule has 0 aliphatic rings. The monoisotopic (exact) mass is 442 g/mol. The van der Waals surface area contributed by atoms with Gasteiger partial charge in [0, 0.05) is 31.0 Å². The summed E-state index contributed by atoms with van der Waals surface area (Å²) in [5, 5.41) is 13.1. The lowest BCUT2D eigenvalue weighted by Crippen LogP contribution is -2.61. The average Bonchev–Trinajstić information content (AvgIpc) is 2.59. The van der Waals surface area contributed by atoms with Crippen LogP contribution >= 0.6 is 23.2 Å². The first-order valence-corrected chi connectivity index (χ1v) is 10.3. The van der Waals surface area contributed by atoms with Gasteiger partial charge in [-0.1, -0.05) is 70.0 Å². The molecule has 0 radical (unpaired) electrons. The highest BCUT2D eigenvalue weighted by Crippen LogP contribution is 2.42. The van der Waals surface area contributed by atoms with Crippen LogP contribution in [0.15, 0.2) is 30.9 Å². The molecule has 0 aromatic heterocycles. The van der Waals surface area contributed by atoms with E-state index in [-0.39, 0.29) is 18.4 Å². The van der Waals surface area contributed by atoms with Gasteiger partial charge in [-0.3, -0.25) is 4.79 Å². The van der Waals surface area contributed by atoms with Gasteiger partial charge in [-0.05, 0) is 29.5 Å². The largest absolute Gasteiger partial charge is 0.465 e. The molecule has 2 unspecified atom stereocenters. The third-order valence-electron chi connectivity index (χ3n) is 5.08. The molecule has 0 saturated carbocycles. The van der Waals surface area contributed by atoms with Crippen LogP contribution in [0.25, 0.3) is 0 Å². The number of carbonyl (C=O) groups excluding carboxylic acids is 1. The van der Waals surface area contributed by atoms with Crippen LogP contribution in [0.4, 0.5) is 4.79 Å². The lowest BCUT2D eigenvalue weighted by atomic mass is 9.63. The third-order valence-corrected chi connectivity index (χ3v) is 5.82. The van der Waals surface area contributed by atoms with Gasteiger partial charge in [-0.2, -0.15) is 0 Å². The van der Waals surface area contributed by atoms with E-state index >= 15 is 0 Å². The van der Waals surface area contributed by atoms with E-state index in [1.165, 1.54) is 0 Å². The van der Waals surface area contributed by atoms with E-state index in [1.54, 1.807) is 30.2 Å². The van der Waals surface area contributed by atoms with Crippen molar-refractivity contribution in [2.24, 2.45) is 11.3 Å². The van der Waals surface area contributed by atoms with Gasteiger partial charge in [0.1, 0.15) is 0 Å². The average molecular weight is 443 g/mol. The topological polar surface area (TPSA) is 69.6 Å². The smallest absolute Gasteiger partial charge is 0.404 e. The van der Waals surface area contributed by atoms with Gasteiger partial charge in [-0.25, -0.2) is 4.79 Å². The van der Waals surface area contributed by atoms with Crippen molar-refractivity contribution in [2.75, 3.05) is 13.6 Å². The van der Waals surface area contributed by atoms with Crippen molar-refractivity contribution < 1.29 is 14.7 Å². The standard InChI is InChI=1S/C22H32Cl2N2O3/c1-8-11-22(13-26(7)18(27)14(2)3,15-9-10-16(23)17(24)12-15)19(21(4,5)6)25-20(28)29/h8-10,12,14,19,25H,1,11,13H2,2-7H3,(H,28,29). The predicted octanol–water partition coefficient (Wildman–Crippen LogP) is 5.60. The highest BCUT2D eigenvalue weighted by atomic mass is 35.5. The summed E-state index contributed by atoms with van der Waals surface area (Å²) in [6.45, 7) is 13.8. The number of benzene rings is 1. The summed E-state index contributed by atoms with van der Waals surface area (Å²) >= 11 is 12.5. The number of allylic oxidation sites excluding steroid dienone is 1. The molecular formula is C22H32Cl2N2O3. The van der Waals surface area contributed by atoms with Crippen LogP contribution < -0.4 is 5.32 Å². The molecule has 0 saturated heterocycles. The number of nitrogens with zero attached hydrogens (tertiary/aromatic N) is 1. The fourth-order valence-corrected chi connectivity index (χ4v) is 4.26. The highest BCUT2D eigenvalue weighted by molar-refractivity contribution is 6.42. The molecule has 1 rings (SSSR count). The fourth-order valence-electron chi connectivity index (χ4n) is 3.96. The van der Waals surface area contributed by atoms with Crippen molar-refractivity contribution in [1.29, 1.82) is 0 Å². The maximum absolute atomic E-state index is 12.7. The molecule has 2 atom stereocenters. The van der Waals surface area contributed by atoms with Crippen LogP contribution in [0.5, 0.6) is 0 Å². The molecule has 7 heteroatoms. The molecule has 29 heavy (non-hydrogen) atoms. The number of carbonyl (C=O) groups is 2. The predicted molar refractivity (Wildman–Crippen MR) is 120 cm³/mol. The number of amides is 2. The summed E-state index contributed by atoms with van der Waals surface area (Å²) < 4.78 is 0. The van der Waals surface area contributed by atoms with Gasteiger partial charge in [0.2, 0.25) is 5.91 Å². The van der Waals surface area contributed by atoms with Gasteiger partial charge >= 0.3 is 6.09 Å². The number of rotatable bonds is 8. The fraction of sp³-hybridized carbons (Fsp3) is 0.545. The second-order valence-corrected chi connectivity index (χ2v) is 9.69. The summed E-state index contributed by atoms with van der Waals surface area (Å²) in [4.78, 5) is 26.1. The Morgan fingerprint density at radius 1 is 1.24 bits per heavy atom. The van der Waals surface area contributed by atoms with E-state index in [4.69, 9.17) is 23.2 Å². The minimum absolute atomic E-state index is 0.0264. The van der Waals surface area contributed by atoms with E-state index in [1.807, 2.05) is 40.7 Å². The number of halogens is 2. The Balaban J connectivity index is 3.77. The molecule has 0 heterocycles. The molecule has 0 fully saturated rings. The minimum Gasteiger partial charge on any atom is -0.465 e. The summed E-state index contributed by atoms with van der Waals surface area (Å²) in [7, 11) is 1.73. The second-order valence-electron chi connectivity index (χ2n) is 8.88. The van der Waals surface area contributed by atoms with Crippen molar-refractivity contribution >= 4 is 35.2 Å². The van der Waals surface area contributed by atoms with Crippen LogP contribution in [0.2, 0.25) is 10.0 Å². The quantitative estimate of drug-likeness (QED) is 0.514. The van der Waals surface area contributed by atoms with Crippen LogP contribution in [0.1, 0.15) is 46.6 Å². The Labute approximate surface area is 184 Å².